The van der Waals surface area contributed by atoms with Crippen molar-refractivity contribution in [2.75, 3.05) is 0 Å². The van der Waals surface area contributed by atoms with Crippen LogP contribution in [0.15, 0.2) is 30.6 Å². The van der Waals surface area contributed by atoms with Crippen LogP contribution in [0.5, 0.6) is 0 Å². The molecule has 2 rings (SSSR count). The first-order chi connectivity index (χ1) is 8.06. The Bertz CT molecular complexity index is 555. The molecule has 0 N–H and O–H groups in total. The lowest BCUT2D eigenvalue weighted by Crippen LogP contribution is -2.05. The van der Waals surface area contributed by atoms with Gasteiger partial charge in [0.1, 0.15) is 0 Å². The molecule has 17 heavy (non-hydrogen) atoms. The normalized spacial score (nSPS) is 10.5. The van der Waals surface area contributed by atoms with Crippen molar-refractivity contribution in [3.63, 3.8) is 0 Å². The number of benzene rings is 1. The zero-order valence-corrected chi connectivity index (χ0v) is 10.4. The number of nitrogens with zero attached hydrogens (tertiary/aromatic N) is 2. The molecule has 0 amide bonds. The highest BCUT2D eigenvalue weighted by molar-refractivity contribution is 5.98. The van der Waals surface area contributed by atoms with Gasteiger partial charge in [-0.3, -0.25) is 9.48 Å². The molecular weight excluding hydrogens is 212 g/mol. The number of carbonyl (C=O) groups is 1. The van der Waals surface area contributed by atoms with E-state index in [0.717, 1.165) is 16.7 Å². The van der Waals surface area contributed by atoms with Gasteiger partial charge < -0.3 is 0 Å². The Hall–Kier alpha value is -1.90. The molecular formula is C14H16N2O. The van der Waals surface area contributed by atoms with E-state index in [4.69, 9.17) is 0 Å². The third-order valence-electron chi connectivity index (χ3n) is 2.81. The number of ketones is 1. The molecule has 1 aromatic heterocycles. The highest BCUT2D eigenvalue weighted by Gasteiger charge is 2.10. The maximum Gasteiger partial charge on any atom is 0.167 e. The van der Waals surface area contributed by atoms with Gasteiger partial charge in [0.05, 0.1) is 6.20 Å². The summed E-state index contributed by atoms with van der Waals surface area (Å²) in [5.41, 5.74) is 3.98. The summed E-state index contributed by atoms with van der Waals surface area (Å²) in [5.74, 6) is 0.149. The Balaban J connectivity index is 2.20. The minimum atomic E-state index is 0.149. The van der Waals surface area contributed by atoms with Crippen LogP contribution in [0, 0.1) is 13.8 Å². The van der Waals surface area contributed by atoms with Gasteiger partial charge in [0.2, 0.25) is 0 Å². The Morgan fingerprint density at radius 3 is 2.71 bits per heavy atom. The minimum Gasteiger partial charge on any atom is -0.294 e. The molecule has 0 radical (unpaired) electrons. The SMILES string of the molecule is Cc1ccc(C(=O)Cc2cnn(C)c2)c(C)c1. The molecule has 0 fully saturated rings. The van der Waals surface area contributed by atoms with Gasteiger partial charge in [-0.2, -0.15) is 5.10 Å². The van der Waals surface area contributed by atoms with Crippen LogP contribution in [0.3, 0.4) is 0 Å². The quantitative estimate of drug-likeness (QED) is 0.756. The van der Waals surface area contributed by atoms with E-state index in [1.807, 2.05) is 45.3 Å². The summed E-state index contributed by atoms with van der Waals surface area (Å²) in [4.78, 5) is 12.1. The van der Waals surface area contributed by atoms with Crippen molar-refractivity contribution < 1.29 is 4.79 Å². The number of rotatable bonds is 3. The Morgan fingerprint density at radius 2 is 2.12 bits per heavy atom. The van der Waals surface area contributed by atoms with Crippen molar-refractivity contribution in [1.29, 1.82) is 0 Å². The fourth-order valence-electron chi connectivity index (χ4n) is 1.97. The second kappa shape index (κ2) is 4.53. The zero-order chi connectivity index (χ0) is 12.4. The largest absolute Gasteiger partial charge is 0.294 e. The molecule has 3 heteroatoms. The summed E-state index contributed by atoms with van der Waals surface area (Å²) in [6, 6.07) is 5.92. The van der Waals surface area contributed by atoms with Crippen LogP contribution in [0.25, 0.3) is 0 Å². The summed E-state index contributed by atoms with van der Waals surface area (Å²) in [5, 5.41) is 4.06. The molecule has 1 aromatic carbocycles. The van der Waals surface area contributed by atoms with E-state index in [2.05, 4.69) is 5.10 Å². The summed E-state index contributed by atoms with van der Waals surface area (Å²) < 4.78 is 1.71. The first-order valence-corrected chi connectivity index (χ1v) is 5.64. The van der Waals surface area contributed by atoms with E-state index in [1.165, 1.54) is 5.56 Å². The fraction of sp³-hybridized carbons (Fsp3) is 0.286. The molecule has 0 saturated heterocycles. The highest BCUT2D eigenvalue weighted by atomic mass is 16.1. The first-order valence-electron chi connectivity index (χ1n) is 5.64. The van der Waals surface area contributed by atoms with Crippen LogP contribution in [0.2, 0.25) is 0 Å². The standard InChI is InChI=1S/C14H16N2O/c1-10-4-5-13(11(2)6-10)14(17)7-12-8-15-16(3)9-12/h4-6,8-9H,7H2,1-3H3. The van der Waals surface area contributed by atoms with Crippen LogP contribution in [0.4, 0.5) is 0 Å². The molecule has 0 aliphatic rings. The van der Waals surface area contributed by atoms with Gasteiger partial charge in [-0.15, -0.1) is 0 Å². The maximum absolute atomic E-state index is 12.1. The summed E-state index contributed by atoms with van der Waals surface area (Å²) in [6.45, 7) is 4.01. The van der Waals surface area contributed by atoms with Gasteiger partial charge in [-0.1, -0.05) is 23.8 Å². The monoisotopic (exact) mass is 228 g/mol. The second-order valence-corrected chi connectivity index (χ2v) is 4.44. The lowest BCUT2D eigenvalue weighted by atomic mass is 9.99. The minimum absolute atomic E-state index is 0.149. The molecule has 2 aromatic rings. The molecule has 88 valence electrons. The van der Waals surface area contributed by atoms with Crippen LogP contribution in [-0.2, 0) is 13.5 Å². The summed E-state index contributed by atoms with van der Waals surface area (Å²) in [6.07, 6.45) is 4.03. The van der Waals surface area contributed by atoms with Gasteiger partial charge in [0, 0.05) is 25.2 Å². The van der Waals surface area contributed by atoms with Crippen LogP contribution in [-0.4, -0.2) is 15.6 Å². The lowest BCUT2D eigenvalue weighted by molar-refractivity contribution is 0.0992. The maximum atomic E-state index is 12.1. The molecule has 1 heterocycles. The zero-order valence-electron chi connectivity index (χ0n) is 10.4. The average molecular weight is 228 g/mol. The van der Waals surface area contributed by atoms with Crippen molar-refractivity contribution in [2.24, 2.45) is 7.05 Å². The number of hydrogen-bond donors (Lipinski definition) is 0. The van der Waals surface area contributed by atoms with Crippen molar-refractivity contribution >= 4 is 5.78 Å². The molecule has 0 aliphatic heterocycles. The number of aryl methyl sites for hydroxylation is 3. The number of aromatic nitrogens is 2. The third-order valence-corrected chi connectivity index (χ3v) is 2.81. The van der Waals surface area contributed by atoms with Gasteiger partial charge in [-0.25, -0.2) is 0 Å². The number of hydrogen-bond acceptors (Lipinski definition) is 2. The van der Waals surface area contributed by atoms with Crippen molar-refractivity contribution in [3.8, 4) is 0 Å². The number of Topliss-reactive ketones (excluding diaryl/α,β-unsaturated/α-hetero) is 1. The van der Waals surface area contributed by atoms with Crippen molar-refractivity contribution in [1.82, 2.24) is 9.78 Å². The molecule has 0 aliphatic carbocycles. The van der Waals surface area contributed by atoms with Crippen LogP contribution < -0.4 is 0 Å². The molecule has 0 bridgehead atoms. The lowest BCUT2D eigenvalue weighted by Gasteiger charge is -2.04. The van der Waals surface area contributed by atoms with Gasteiger partial charge in [0.15, 0.2) is 5.78 Å². The molecule has 0 unspecified atom stereocenters. The predicted molar refractivity (Wildman–Crippen MR) is 67.2 cm³/mol. The van der Waals surface area contributed by atoms with Gasteiger partial charge >= 0.3 is 0 Å². The summed E-state index contributed by atoms with van der Waals surface area (Å²) >= 11 is 0. The Morgan fingerprint density at radius 1 is 1.35 bits per heavy atom. The molecule has 3 nitrogen and oxygen atoms in total. The second-order valence-electron chi connectivity index (χ2n) is 4.44. The van der Waals surface area contributed by atoms with E-state index in [9.17, 15) is 4.79 Å². The first kappa shape index (κ1) is 11.6. The Labute approximate surface area is 101 Å². The Kier molecular flexibility index (Phi) is 3.09. The van der Waals surface area contributed by atoms with Crippen LogP contribution in [0.1, 0.15) is 27.0 Å². The van der Waals surface area contributed by atoms with Crippen molar-refractivity contribution in [2.45, 2.75) is 20.3 Å². The van der Waals surface area contributed by atoms with E-state index in [1.54, 1.807) is 10.9 Å². The van der Waals surface area contributed by atoms with Gasteiger partial charge in [-0.05, 0) is 25.0 Å². The van der Waals surface area contributed by atoms with E-state index in [-0.39, 0.29) is 5.78 Å². The fourth-order valence-corrected chi connectivity index (χ4v) is 1.97. The predicted octanol–water partition coefficient (Wildman–Crippen LogP) is 2.46. The third kappa shape index (κ3) is 2.61. The van der Waals surface area contributed by atoms with E-state index < -0.39 is 0 Å². The smallest absolute Gasteiger partial charge is 0.167 e. The van der Waals surface area contributed by atoms with E-state index >= 15 is 0 Å². The van der Waals surface area contributed by atoms with Gasteiger partial charge in [0.25, 0.3) is 0 Å². The molecule has 0 saturated carbocycles. The van der Waals surface area contributed by atoms with Crippen molar-refractivity contribution in [3.05, 3.63) is 52.8 Å². The summed E-state index contributed by atoms with van der Waals surface area (Å²) in [7, 11) is 1.85. The average Bonchev–Trinajstić information content (AvgIpc) is 2.63. The van der Waals surface area contributed by atoms with E-state index in [0.29, 0.717) is 6.42 Å². The topological polar surface area (TPSA) is 34.9 Å². The molecule has 0 atom stereocenters. The van der Waals surface area contributed by atoms with Crippen LogP contribution >= 0.6 is 0 Å². The number of carbonyl (C=O) groups excluding carboxylic acids is 1. The molecule has 0 spiro atoms. The highest BCUT2D eigenvalue weighted by Crippen LogP contribution is 2.13.